The van der Waals surface area contributed by atoms with Crippen LogP contribution in [0.5, 0.6) is 0 Å². The highest BCUT2D eigenvalue weighted by Crippen LogP contribution is 2.20. The lowest BCUT2D eigenvalue weighted by Gasteiger charge is -2.33. The number of para-hydroxylation sites is 1. The molecule has 1 atom stereocenters. The zero-order chi connectivity index (χ0) is 17.8. The zero-order valence-electron chi connectivity index (χ0n) is 13.5. The molecule has 132 valence electrons. The predicted octanol–water partition coefficient (Wildman–Crippen LogP) is 2.12. The number of piperidine rings is 1. The fraction of sp³-hybridized carbons (Fsp3) is 0.353. The number of rotatable bonds is 3. The maximum Gasteiger partial charge on any atom is 0.407 e. The number of fused-ring (bicyclic) bond motifs is 1. The van der Waals surface area contributed by atoms with Gasteiger partial charge in [0, 0.05) is 24.4 Å². The van der Waals surface area contributed by atoms with Crippen molar-refractivity contribution >= 4 is 28.9 Å². The number of nitrogens with zero attached hydrogens (tertiary/aromatic N) is 1. The molecule has 25 heavy (non-hydrogen) atoms. The molecule has 1 aromatic heterocycles. The van der Waals surface area contributed by atoms with Crippen molar-refractivity contribution in [3.05, 3.63) is 36.1 Å². The minimum atomic E-state index is -1.02. The number of hydrazine groups is 1. The second kappa shape index (κ2) is 7.25. The summed E-state index contributed by atoms with van der Waals surface area (Å²) in [6.07, 6.45) is 1.30. The number of amides is 3. The van der Waals surface area contributed by atoms with Gasteiger partial charge in [-0.1, -0.05) is 18.2 Å². The van der Waals surface area contributed by atoms with Gasteiger partial charge in [0.2, 0.25) is 5.91 Å². The summed E-state index contributed by atoms with van der Waals surface area (Å²) in [6, 6.07) is 8.41. The Bertz CT molecular complexity index is 767. The molecule has 0 bridgehead atoms. The second-order valence-corrected chi connectivity index (χ2v) is 5.98. The van der Waals surface area contributed by atoms with E-state index in [4.69, 9.17) is 9.52 Å². The summed E-state index contributed by atoms with van der Waals surface area (Å²) >= 11 is 0. The molecule has 0 saturated carbocycles. The van der Waals surface area contributed by atoms with Gasteiger partial charge in [-0.25, -0.2) is 4.79 Å². The molecule has 1 fully saturated rings. The first-order valence-electron chi connectivity index (χ1n) is 8.12. The van der Waals surface area contributed by atoms with Crippen LogP contribution < -0.4 is 10.9 Å². The van der Waals surface area contributed by atoms with Gasteiger partial charge in [-0.15, -0.1) is 0 Å². The molecular weight excluding hydrogens is 326 g/mol. The van der Waals surface area contributed by atoms with E-state index in [1.54, 1.807) is 18.2 Å². The molecule has 3 N–H and O–H groups in total. The average Bonchev–Trinajstić information content (AvgIpc) is 3.04. The number of likely N-dealkylation sites (tertiary alicyclic amines) is 1. The molecule has 0 radical (unpaired) electrons. The summed E-state index contributed by atoms with van der Waals surface area (Å²) in [5.74, 6) is -0.919. The maximum absolute atomic E-state index is 12.1. The van der Waals surface area contributed by atoms with Gasteiger partial charge in [0.05, 0.1) is 0 Å². The van der Waals surface area contributed by atoms with Crippen LogP contribution in [0.3, 0.4) is 0 Å². The molecule has 2 aromatic rings. The van der Waals surface area contributed by atoms with E-state index < -0.39 is 17.9 Å². The average molecular weight is 345 g/mol. The molecule has 1 unspecified atom stereocenters. The first-order valence-corrected chi connectivity index (χ1v) is 8.12. The van der Waals surface area contributed by atoms with E-state index in [1.807, 2.05) is 12.1 Å². The fourth-order valence-corrected chi connectivity index (χ4v) is 3.01. The largest absolute Gasteiger partial charge is 0.465 e. The van der Waals surface area contributed by atoms with Gasteiger partial charge in [-0.3, -0.25) is 20.4 Å². The van der Waals surface area contributed by atoms with E-state index in [-0.39, 0.29) is 18.2 Å². The molecule has 1 saturated heterocycles. The molecule has 1 aliphatic rings. The van der Waals surface area contributed by atoms with Gasteiger partial charge in [0.15, 0.2) is 5.76 Å². The Hall–Kier alpha value is -3.03. The summed E-state index contributed by atoms with van der Waals surface area (Å²) < 4.78 is 5.41. The third-order valence-electron chi connectivity index (χ3n) is 4.26. The van der Waals surface area contributed by atoms with Crippen molar-refractivity contribution in [3.63, 3.8) is 0 Å². The number of carbonyl (C=O) groups excluding carboxylic acids is 2. The molecule has 1 aliphatic heterocycles. The van der Waals surface area contributed by atoms with Gasteiger partial charge in [0.25, 0.3) is 0 Å². The summed E-state index contributed by atoms with van der Waals surface area (Å²) in [6.45, 7) is 0.429. The second-order valence-electron chi connectivity index (χ2n) is 5.98. The topological polar surface area (TPSA) is 112 Å². The highest BCUT2D eigenvalue weighted by Gasteiger charge is 2.28. The summed E-state index contributed by atoms with van der Waals surface area (Å²) in [5, 5.41) is 9.96. The maximum atomic E-state index is 12.1. The van der Waals surface area contributed by atoms with Crippen molar-refractivity contribution in [2.24, 2.45) is 0 Å². The summed E-state index contributed by atoms with van der Waals surface area (Å²) in [5.41, 5.74) is 5.19. The Morgan fingerprint density at radius 1 is 1.20 bits per heavy atom. The van der Waals surface area contributed by atoms with Crippen molar-refractivity contribution in [3.8, 4) is 0 Å². The van der Waals surface area contributed by atoms with Crippen molar-refractivity contribution in [2.75, 3.05) is 6.54 Å². The normalized spacial score (nSPS) is 17.3. The molecule has 0 spiro atoms. The minimum Gasteiger partial charge on any atom is -0.465 e. The van der Waals surface area contributed by atoms with Crippen molar-refractivity contribution in [1.82, 2.24) is 15.8 Å². The molecule has 8 nitrogen and oxygen atoms in total. The Morgan fingerprint density at radius 2 is 2.00 bits per heavy atom. The Balaban J connectivity index is 1.54. The SMILES string of the molecule is O=C(CC1CCCCN1C(=O)O)NNC(=O)c1cc2ccccc2o1. The van der Waals surface area contributed by atoms with Crippen LogP contribution in [0.15, 0.2) is 34.7 Å². The fourth-order valence-electron chi connectivity index (χ4n) is 3.01. The van der Waals surface area contributed by atoms with Crippen LogP contribution in [0.4, 0.5) is 4.79 Å². The molecular formula is C17H19N3O5. The lowest BCUT2D eigenvalue weighted by molar-refractivity contribution is -0.123. The van der Waals surface area contributed by atoms with Crippen LogP contribution in [-0.4, -0.2) is 40.5 Å². The highest BCUT2D eigenvalue weighted by atomic mass is 16.4. The lowest BCUT2D eigenvalue weighted by Crippen LogP contribution is -2.48. The number of carbonyl (C=O) groups is 3. The van der Waals surface area contributed by atoms with E-state index in [1.165, 1.54) is 4.90 Å². The molecule has 8 heteroatoms. The Kier molecular flexibility index (Phi) is 4.87. The third-order valence-corrected chi connectivity index (χ3v) is 4.26. The van der Waals surface area contributed by atoms with Crippen LogP contribution in [0, 0.1) is 0 Å². The van der Waals surface area contributed by atoms with E-state index in [9.17, 15) is 14.4 Å². The lowest BCUT2D eigenvalue weighted by atomic mass is 10.00. The highest BCUT2D eigenvalue weighted by molar-refractivity contribution is 5.96. The van der Waals surface area contributed by atoms with Gasteiger partial charge >= 0.3 is 12.0 Å². The molecule has 1 aromatic carbocycles. The monoisotopic (exact) mass is 345 g/mol. The Morgan fingerprint density at radius 3 is 2.76 bits per heavy atom. The Labute approximate surface area is 143 Å². The third kappa shape index (κ3) is 3.90. The summed E-state index contributed by atoms with van der Waals surface area (Å²) in [7, 11) is 0. The summed E-state index contributed by atoms with van der Waals surface area (Å²) in [4.78, 5) is 36.5. The quantitative estimate of drug-likeness (QED) is 0.738. The van der Waals surface area contributed by atoms with Crippen LogP contribution in [0.1, 0.15) is 36.2 Å². The standard InChI is InChI=1S/C17H19N3O5/c21-15(10-12-6-3-4-8-20(12)17(23)24)18-19-16(22)14-9-11-5-1-2-7-13(11)25-14/h1-2,5,7,9,12H,3-4,6,8,10H2,(H,18,21)(H,19,22)(H,23,24). The number of hydrogen-bond donors (Lipinski definition) is 3. The number of carboxylic acid groups (broad SMARTS) is 1. The number of nitrogens with one attached hydrogen (secondary N) is 2. The molecule has 2 heterocycles. The number of hydrogen-bond acceptors (Lipinski definition) is 4. The minimum absolute atomic E-state index is 0.00666. The zero-order valence-corrected chi connectivity index (χ0v) is 13.5. The molecule has 0 aliphatic carbocycles. The van der Waals surface area contributed by atoms with Crippen molar-refractivity contribution < 1.29 is 23.9 Å². The van der Waals surface area contributed by atoms with E-state index in [0.29, 0.717) is 18.5 Å². The van der Waals surface area contributed by atoms with E-state index in [0.717, 1.165) is 18.2 Å². The first kappa shape index (κ1) is 16.8. The van der Waals surface area contributed by atoms with Crippen LogP contribution in [0.25, 0.3) is 11.0 Å². The first-order chi connectivity index (χ1) is 12.0. The molecule has 3 amide bonds. The van der Waals surface area contributed by atoms with Crippen LogP contribution in [0.2, 0.25) is 0 Å². The number of furan rings is 1. The van der Waals surface area contributed by atoms with Gasteiger partial charge in [-0.2, -0.15) is 0 Å². The smallest absolute Gasteiger partial charge is 0.407 e. The van der Waals surface area contributed by atoms with Crippen LogP contribution >= 0.6 is 0 Å². The number of benzene rings is 1. The van der Waals surface area contributed by atoms with E-state index >= 15 is 0 Å². The van der Waals surface area contributed by atoms with E-state index in [2.05, 4.69) is 10.9 Å². The van der Waals surface area contributed by atoms with Crippen molar-refractivity contribution in [1.29, 1.82) is 0 Å². The van der Waals surface area contributed by atoms with Gasteiger partial charge in [-0.05, 0) is 31.4 Å². The molecule has 3 rings (SSSR count). The van der Waals surface area contributed by atoms with Crippen LogP contribution in [-0.2, 0) is 4.79 Å². The van der Waals surface area contributed by atoms with Gasteiger partial charge in [0.1, 0.15) is 5.58 Å². The predicted molar refractivity (Wildman–Crippen MR) is 88.8 cm³/mol. The van der Waals surface area contributed by atoms with Gasteiger partial charge < -0.3 is 14.4 Å². The van der Waals surface area contributed by atoms with Crippen molar-refractivity contribution in [2.45, 2.75) is 31.7 Å².